The first-order valence-electron chi connectivity index (χ1n) is 8.27. The molecule has 130 valence electrons. The maximum atomic E-state index is 4.79. The summed E-state index contributed by atoms with van der Waals surface area (Å²) in [5, 5.41) is 12.8. The molecule has 0 saturated heterocycles. The number of allylic oxidation sites excluding steroid dienone is 1. The zero-order chi connectivity index (χ0) is 17.8. The van der Waals surface area contributed by atoms with Gasteiger partial charge in [-0.2, -0.15) is 0 Å². The van der Waals surface area contributed by atoms with Crippen molar-refractivity contribution in [3.63, 3.8) is 0 Å². The normalized spacial score (nSPS) is 11.2. The lowest BCUT2D eigenvalue weighted by atomic mass is 10.1. The van der Waals surface area contributed by atoms with Gasteiger partial charge in [-0.15, -0.1) is 28.1 Å². The molecule has 3 aromatic rings. The van der Waals surface area contributed by atoms with Crippen molar-refractivity contribution in [2.75, 3.05) is 0 Å². The highest BCUT2D eigenvalue weighted by molar-refractivity contribution is 7.98. The smallest absolute Gasteiger partial charge is 0.191 e. The van der Waals surface area contributed by atoms with E-state index in [0.717, 1.165) is 34.0 Å². The molecule has 1 aromatic carbocycles. The van der Waals surface area contributed by atoms with E-state index in [2.05, 4.69) is 71.8 Å². The zero-order valence-electron chi connectivity index (χ0n) is 14.8. The molecule has 6 heteroatoms. The fraction of sp³-hybridized carbons (Fsp3) is 0.316. The quantitative estimate of drug-likeness (QED) is 0.417. The van der Waals surface area contributed by atoms with Crippen LogP contribution in [0.5, 0.6) is 0 Å². The number of benzene rings is 1. The SMILES string of the molecule is C=CCn1c(SCc2csc(-c3ccccc3C)n2)nnc1C(C)C. The van der Waals surface area contributed by atoms with Gasteiger partial charge in [-0.1, -0.05) is 56.0 Å². The maximum Gasteiger partial charge on any atom is 0.191 e. The summed E-state index contributed by atoms with van der Waals surface area (Å²) in [5.41, 5.74) is 3.54. The first-order valence-corrected chi connectivity index (χ1v) is 10.1. The van der Waals surface area contributed by atoms with Gasteiger partial charge >= 0.3 is 0 Å². The molecule has 25 heavy (non-hydrogen) atoms. The fourth-order valence-corrected chi connectivity index (χ4v) is 4.45. The Morgan fingerprint density at radius 1 is 1.28 bits per heavy atom. The number of hydrogen-bond acceptors (Lipinski definition) is 5. The molecule has 0 amide bonds. The number of rotatable bonds is 7. The lowest BCUT2D eigenvalue weighted by Crippen LogP contribution is -2.05. The molecule has 3 rings (SSSR count). The molecule has 0 spiro atoms. The standard InChI is InChI=1S/C19H22N4S2/c1-5-10-23-17(13(2)3)21-22-19(23)25-12-15-11-24-18(20-15)16-9-7-6-8-14(16)4/h5-9,11,13H,1,10,12H2,2-4H3. The van der Waals surface area contributed by atoms with Crippen molar-refractivity contribution >= 4 is 23.1 Å². The maximum absolute atomic E-state index is 4.79. The Labute approximate surface area is 157 Å². The second-order valence-corrected chi connectivity index (χ2v) is 7.94. The van der Waals surface area contributed by atoms with E-state index in [9.17, 15) is 0 Å². The van der Waals surface area contributed by atoms with E-state index in [1.165, 1.54) is 11.1 Å². The van der Waals surface area contributed by atoms with Crippen LogP contribution in [0.2, 0.25) is 0 Å². The summed E-state index contributed by atoms with van der Waals surface area (Å²) in [4.78, 5) is 4.79. The van der Waals surface area contributed by atoms with Gasteiger partial charge in [-0.05, 0) is 12.5 Å². The molecule has 0 aliphatic rings. The van der Waals surface area contributed by atoms with Crippen LogP contribution in [0.1, 0.15) is 36.8 Å². The van der Waals surface area contributed by atoms with Crippen LogP contribution in [0.3, 0.4) is 0 Å². The molecular formula is C19H22N4S2. The van der Waals surface area contributed by atoms with Gasteiger partial charge in [0.2, 0.25) is 0 Å². The lowest BCUT2D eigenvalue weighted by Gasteiger charge is -2.09. The summed E-state index contributed by atoms with van der Waals surface area (Å²) in [6.07, 6.45) is 1.89. The Hall–Kier alpha value is -1.92. The van der Waals surface area contributed by atoms with Gasteiger partial charge in [0.25, 0.3) is 0 Å². The first kappa shape index (κ1) is 17.9. The summed E-state index contributed by atoms with van der Waals surface area (Å²) >= 11 is 3.37. The first-order chi connectivity index (χ1) is 12.1. The summed E-state index contributed by atoms with van der Waals surface area (Å²) in [5.74, 6) is 2.13. The number of thioether (sulfide) groups is 1. The number of thiazole rings is 1. The summed E-state index contributed by atoms with van der Waals surface area (Å²) < 4.78 is 2.14. The van der Waals surface area contributed by atoms with Crippen molar-refractivity contribution in [2.45, 2.75) is 44.1 Å². The summed E-state index contributed by atoms with van der Waals surface area (Å²) in [7, 11) is 0. The van der Waals surface area contributed by atoms with Gasteiger partial charge in [0.1, 0.15) is 10.8 Å². The Morgan fingerprint density at radius 2 is 2.08 bits per heavy atom. The van der Waals surface area contributed by atoms with E-state index >= 15 is 0 Å². The van der Waals surface area contributed by atoms with Crippen molar-refractivity contribution < 1.29 is 0 Å². The molecule has 0 atom stereocenters. The van der Waals surface area contributed by atoms with Crippen LogP contribution in [0, 0.1) is 6.92 Å². The fourth-order valence-electron chi connectivity index (χ4n) is 2.58. The van der Waals surface area contributed by atoms with Crippen molar-refractivity contribution in [3.8, 4) is 10.6 Å². The Balaban J connectivity index is 1.75. The van der Waals surface area contributed by atoms with Crippen LogP contribution in [-0.2, 0) is 12.3 Å². The number of hydrogen-bond donors (Lipinski definition) is 0. The van der Waals surface area contributed by atoms with Crippen LogP contribution in [0.25, 0.3) is 10.6 Å². The predicted molar refractivity (Wildman–Crippen MR) is 106 cm³/mol. The molecular weight excluding hydrogens is 348 g/mol. The third-order valence-corrected chi connectivity index (χ3v) is 5.77. The van der Waals surface area contributed by atoms with Crippen molar-refractivity contribution in [3.05, 3.63) is 59.4 Å². The van der Waals surface area contributed by atoms with Crippen LogP contribution in [-0.4, -0.2) is 19.7 Å². The summed E-state index contributed by atoms with van der Waals surface area (Å²) in [6.45, 7) is 11.0. The second-order valence-electron chi connectivity index (χ2n) is 6.14. The Morgan fingerprint density at radius 3 is 2.80 bits per heavy atom. The number of aromatic nitrogens is 4. The lowest BCUT2D eigenvalue weighted by molar-refractivity contribution is 0.641. The van der Waals surface area contributed by atoms with Gasteiger partial charge in [-0.3, -0.25) is 0 Å². The second kappa shape index (κ2) is 7.97. The number of nitrogens with zero attached hydrogens (tertiary/aromatic N) is 4. The van der Waals surface area contributed by atoms with Crippen LogP contribution in [0.4, 0.5) is 0 Å². The van der Waals surface area contributed by atoms with E-state index in [4.69, 9.17) is 4.98 Å². The van der Waals surface area contributed by atoms with E-state index in [1.54, 1.807) is 23.1 Å². The van der Waals surface area contributed by atoms with Gasteiger partial charge in [0.05, 0.1) is 5.69 Å². The van der Waals surface area contributed by atoms with Crippen molar-refractivity contribution in [2.24, 2.45) is 0 Å². The van der Waals surface area contributed by atoms with Crippen LogP contribution < -0.4 is 0 Å². The molecule has 0 saturated carbocycles. The molecule has 2 aromatic heterocycles. The molecule has 0 fully saturated rings. The predicted octanol–water partition coefficient (Wildman–Crippen LogP) is 5.31. The molecule has 0 N–H and O–H groups in total. The van der Waals surface area contributed by atoms with Gasteiger partial charge in [-0.25, -0.2) is 4.98 Å². The molecule has 0 radical (unpaired) electrons. The average Bonchev–Trinajstić information content (AvgIpc) is 3.21. The molecule has 0 bridgehead atoms. The van der Waals surface area contributed by atoms with E-state index in [0.29, 0.717) is 5.92 Å². The minimum absolute atomic E-state index is 0.341. The van der Waals surface area contributed by atoms with E-state index in [-0.39, 0.29) is 0 Å². The highest BCUT2D eigenvalue weighted by Gasteiger charge is 2.15. The molecule has 0 aliphatic heterocycles. The minimum atomic E-state index is 0.341. The van der Waals surface area contributed by atoms with E-state index < -0.39 is 0 Å². The third-order valence-electron chi connectivity index (χ3n) is 3.85. The molecule has 4 nitrogen and oxygen atoms in total. The van der Waals surface area contributed by atoms with Gasteiger partial charge < -0.3 is 4.57 Å². The largest absolute Gasteiger partial charge is 0.302 e. The highest BCUT2D eigenvalue weighted by atomic mass is 32.2. The summed E-state index contributed by atoms with van der Waals surface area (Å²) in [6, 6.07) is 8.36. The Kier molecular flexibility index (Phi) is 5.71. The molecule has 0 aliphatic carbocycles. The molecule has 2 heterocycles. The molecule has 0 unspecified atom stereocenters. The van der Waals surface area contributed by atoms with Gasteiger partial charge in [0.15, 0.2) is 5.16 Å². The monoisotopic (exact) mass is 370 g/mol. The number of aryl methyl sites for hydroxylation is 1. The average molecular weight is 371 g/mol. The van der Waals surface area contributed by atoms with Crippen LogP contribution >= 0.6 is 23.1 Å². The van der Waals surface area contributed by atoms with Crippen molar-refractivity contribution in [1.82, 2.24) is 19.7 Å². The highest BCUT2D eigenvalue weighted by Crippen LogP contribution is 2.30. The van der Waals surface area contributed by atoms with Gasteiger partial charge in [0, 0.05) is 29.2 Å². The minimum Gasteiger partial charge on any atom is -0.302 e. The topological polar surface area (TPSA) is 43.6 Å². The van der Waals surface area contributed by atoms with Crippen LogP contribution in [0.15, 0.2) is 47.5 Å². The zero-order valence-corrected chi connectivity index (χ0v) is 16.4. The Bertz CT molecular complexity index is 864. The van der Waals surface area contributed by atoms with Crippen molar-refractivity contribution in [1.29, 1.82) is 0 Å². The van der Waals surface area contributed by atoms with E-state index in [1.807, 2.05) is 6.08 Å². The third kappa shape index (κ3) is 4.02.